The zero-order chi connectivity index (χ0) is 17.6. The van der Waals surface area contributed by atoms with E-state index >= 15 is 0 Å². The van der Waals surface area contributed by atoms with Crippen LogP contribution in [0, 0.1) is 23.0 Å². The second kappa shape index (κ2) is 6.07. The highest BCUT2D eigenvalue weighted by atomic mass is 19.2. The quantitative estimate of drug-likeness (QED) is 0.843. The van der Waals surface area contributed by atoms with Gasteiger partial charge < -0.3 is 9.80 Å². The Labute approximate surface area is 145 Å². The van der Waals surface area contributed by atoms with Crippen molar-refractivity contribution in [3.05, 3.63) is 35.4 Å². The van der Waals surface area contributed by atoms with E-state index in [9.17, 15) is 18.4 Å². The van der Waals surface area contributed by atoms with Gasteiger partial charge in [0, 0.05) is 32.1 Å². The molecule has 3 aliphatic rings. The highest BCUT2D eigenvalue weighted by Crippen LogP contribution is 2.42. The fourth-order valence-corrected chi connectivity index (χ4v) is 4.19. The number of carbonyl (C=O) groups excluding carboxylic acids is 2. The molecule has 0 bridgehead atoms. The molecule has 0 aromatic heterocycles. The first-order valence-corrected chi connectivity index (χ1v) is 9.01. The number of amides is 2. The largest absolute Gasteiger partial charge is 0.341 e. The van der Waals surface area contributed by atoms with E-state index in [1.54, 1.807) is 4.90 Å². The topological polar surface area (TPSA) is 40.6 Å². The summed E-state index contributed by atoms with van der Waals surface area (Å²) in [7, 11) is 0. The fraction of sp³-hybridized carbons (Fsp3) is 0.579. The van der Waals surface area contributed by atoms with E-state index in [0.717, 1.165) is 37.8 Å². The molecule has 1 saturated carbocycles. The molecule has 0 radical (unpaired) electrons. The summed E-state index contributed by atoms with van der Waals surface area (Å²) in [5, 5.41) is 0. The van der Waals surface area contributed by atoms with Crippen molar-refractivity contribution in [2.24, 2.45) is 11.3 Å². The van der Waals surface area contributed by atoms with Crippen LogP contribution in [0.25, 0.3) is 0 Å². The van der Waals surface area contributed by atoms with E-state index in [2.05, 4.69) is 0 Å². The second-order valence-corrected chi connectivity index (χ2v) is 7.64. The minimum Gasteiger partial charge on any atom is -0.341 e. The van der Waals surface area contributed by atoms with Gasteiger partial charge in [-0.1, -0.05) is 6.07 Å². The standard InChI is InChI=1S/C19H22F2N2O2/c20-15-5-2-13(10-16(15)21)11-22-8-1-6-19(18(22)25)7-9-23(12-19)17(24)14-3-4-14/h2,5,10,14H,1,3-4,6-9,11-12H2. The number of hydrogen-bond acceptors (Lipinski definition) is 2. The number of piperidine rings is 1. The van der Waals surface area contributed by atoms with Crippen LogP contribution in [0.3, 0.4) is 0 Å². The summed E-state index contributed by atoms with van der Waals surface area (Å²) in [5.74, 6) is -1.35. The summed E-state index contributed by atoms with van der Waals surface area (Å²) in [6.07, 6.45) is 4.32. The molecule has 1 spiro atoms. The third-order valence-electron chi connectivity index (χ3n) is 5.77. The van der Waals surface area contributed by atoms with Gasteiger partial charge >= 0.3 is 0 Å². The Morgan fingerprint density at radius 2 is 1.96 bits per heavy atom. The van der Waals surface area contributed by atoms with Crippen molar-refractivity contribution in [3.63, 3.8) is 0 Å². The number of benzene rings is 1. The Balaban J connectivity index is 1.47. The predicted molar refractivity (Wildman–Crippen MR) is 87.4 cm³/mol. The summed E-state index contributed by atoms with van der Waals surface area (Å²) in [6, 6.07) is 3.77. The normalized spacial score (nSPS) is 26.6. The molecule has 2 aliphatic heterocycles. The lowest BCUT2D eigenvalue weighted by Gasteiger charge is -2.39. The van der Waals surface area contributed by atoms with E-state index in [0.29, 0.717) is 31.6 Å². The van der Waals surface area contributed by atoms with Crippen LogP contribution in [0.2, 0.25) is 0 Å². The maximum Gasteiger partial charge on any atom is 0.230 e. The lowest BCUT2D eigenvalue weighted by molar-refractivity contribution is -0.147. The van der Waals surface area contributed by atoms with Crippen LogP contribution in [-0.2, 0) is 16.1 Å². The minimum absolute atomic E-state index is 0.0505. The lowest BCUT2D eigenvalue weighted by Crippen LogP contribution is -2.50. The number of hydrogen-bond donors (Lipinski definition) is 0. The van der Waals surface area contributed by atoms with Crippen LogP contribution >= 0.6 is 0 Å². The van der Waals surface area contributed by atoms with Crippen molar-refractivity contribution in [3.8, 4) is 0 Å². The van der Waals surface area contributed by atoms with Gasteiger partial charge in [-0.05, 0) is 49.8 Å². The van der Waals surface area contributed by atoms with E-state index < -0.39 is 17.0 Å². The molecule has 4 rings (SSSR count). The first-order valence-electron chi connectivity index (χ1n) is 9.01. The van der Waals surface area contributed by atoms with Gasteiger partial charge in [0.25, 0.3) is 0 Å². The molecule has 1 aliphatic carbocycles. The summed E-state index contributed by atoms with van der Waals surface area (Å²) in [4.78, 5) is 29.0. The number of carbonyl (C=O) groups is 2. The molecular formula is C19H22F2N2O2. The van der Waals surface area contributed by atoms with E-state index in [-0.39, 0.29) is 24.3 Å². The first-order chi connectivity index (χ1) is 12.0. The Bertz CT molecular complexity index is 719. The molecule has 1 aromatic carbocycles. The van der Waals surface area contributed by atoms with Gasteiger partial charge in [0.05, 0.1) is 5.41 Å². The molecule has 4 nitrogen and oxygen atoms in total. The molecule has 2 heterocycles. The summed E-state index contributed by atoms with van der Waals surface area (Å²) in [5.41, 5.74) is 0.106. The van der Waals surface area contributed by atoms with Gasteiger partial charge in [-0.2, -0.15) is 0 Å². The van der Waals surface area contributed by atoms with Gasteiger partial charge in [0.2, 0.25) is 11.8 Å². The van der Waals surface area contributed by atoms with E-state index in [1.807, 2.05) is 4.90 Å². The van der Waals surface area contributed by atoms with Crippen molar-refractivity contribution >= 4 is 11.8 Å². The average molecular weight is 348 g/mol. The highest BCUT2D eigenvalue weighted by Gasteiger charge is 2.50. The molecule has 2 saturated heterocycles. The van der Waals surface area contributed by atoms with Crippen LogP contribution in [-0.4, -0.2) is 41.2 Å². The molecular weight excluding hydrogens is 326 g/mol. The van der Waals surface area contributed by atoms with E-state index in [1.165, 1.54) is 6.07 Å². The van der Waals surface area contributed by atoms with Crippen LogP contribution in [0.1, 0.15) is 37.7 Å². The van der Waals surface area contributed by atoms with Crippen LogP contribution < -0.4 is 0 Å². The Hall–Kier alpha value is -1.98. The number of halogens is 2. The molecule has 1 unspecified atom stereocenters. The van der Waals surface area contributed by atoms with Gasteiger partial charge in [0.15, 0.2) is 11.6 Å². The van der Waals surface area contributed by atoms with Crippen molar-refractivity contribution in [2.75, 3.05) is 19.6 Å². The van der Waals surface area contributed by atoms with Crippen molar-refractivity contribution in [1.29, 1.82) is 0 Å². The number of likely N-dealkylation sites (tertiary alicyclic amines) is 2. The number of nitrogens with zero attached hydrogens (tertiary/aromatic N) is 2. The van der Waals surface area contributed by atoms with Gasteiger partial charge in [-0.3, -0.25) is 9.59 Å². The molecule has 25 heavy (non-hydrogen) atoms. The second-order valence-electron chi connectivity index (χ2n) is 7.64. The Morgan fingerprint density at radius 3 is 2.68 bits per heavy atom. The minimum atomic E-state index is -0.890. The molecule has 1 atom stereocenters. The molecule has 134 valence electrons. The third kappa shape index (κ3) is 3.02. The molecule has 3 fully saturated rings. The van der Waals surface area contributed by atoms with E-state index in [4.69, 9.17) is 0 Å². The van der Waals surface area contributed by atoms with Crippen LogP contribution in [0.15, 0.2) is 18.2 Å². The molecule has 0 N–H and O–H groups in total. The molecule has 2 amide bonds. The highest BCUT2D eigenvalue weighted by molar-refractivity contribution is 5.87. The van der Waals surface area contributed by atoms with Crippen molar-refractivity contribution in [2.45, 2.75) is 38.6 Å². The van der Waals surface area contributed by atoms with Crippen molar-refractivity contribution in [1.82, 2.24) is 9.80 Å². The van der Waals surface area contributed by atoms with Crippen molar-refractivity contribution < 1.29 is 18.4 Å². The third-order valence-corrected chi connectivity index (χ3v) is 5.77. The monoisotopic (exact) mass is 348 g/mol. The molecule has 6 heteroatoms. The van der Waals surface area contributed by atoms with Crippen LogP contribution in [0.5, 0.6) is 0 Å². The lowest BCUT2D eigenvalue weighted by atomic mass is 9.78. The van der Waals surface area contributed by atoms with Gasteiger partial charge in [-0.15, -0.1) is 0 Å². The zero-order valence-corrected chi connectivity index (χ0v) is 14.1. The maximum absolute atomic E-state index is 13.4. The molecule has 1 aromatic rings. The Morgan fingerprint density at radius 1 is 1.16 bits per heavy atom. The fourth-order valence-electron chi connectivity index (χ4n) is 4.19. The maximum atomic E-state index is 13.4. The SMILES string of the molecule is O=C(C1CC1)N1CCC2(CCCN(Cc3ccc(F)c(F)c3)C2=O)C1. The first kappa shape index (κ1) is 16.5. The summed E-state index contributed by atoms with van der Waals surface area (Å²) in [6.45, 7) is 2.07. The van der Waals surface area contributed by atoms with Crippen LogP contribution in [0.4, 0.5) is 8.78 Å². The average Bonchev–Trinajstić information content (AvgIpc) is 3.36. The smallest absolute Gasteiger partial charge is 0.230 e. The van der Waals surface area contributed by atoms with Gasteiger partial charge in [0.1, 0.15) is 0 Å². The number of rotatable bonds is 3. The predicted octanol–water partition coefficient (Wildman–Crippen LogP) is 2.72. The zero-order valence-electron chi connectivity index (χ0n) is 14.1. The Kier molecular flexibility index (Phi) is 4.01. The summed E-state index contributed by atoms with van der Waals surface area (Å²) < 4.78 is 26.5. The van der Waals surface area contributed by atoms with Gasteiger partial charge in [-0.25, -0.2) is 8.78 Å². The summed E-state index contributed by atoms with van der Waals surface area (Å²) >= 11 is 0.